The van der Waals surface area contributed by atoms with Crippen LogP contribution in [0.5, 0.6) is 0 Å². The van der Waals surface area contributed by atoms with E-state index in [1.807, 2.05) is 6.07 Å². The highest BCUT2D eigenvalue weighted by Crippen LogP contribution is 2.51. The predicted molar refractivity (Wildman–Crippen MR) is 286 cm³/mol. The van der Waals surface area contributed by atoms with Crippen molar-refractivity contribution in [1.82, 2.24) is 4.57 Å². The lowest BCUT2D eigenvalue weighted by molar-refractivity contribution is 0.576. The molecule has 2 heterocycles. The predicted octanol–water partition coefficient (Wildman–Crippen LogP) is 17.9. The zero-order valence-electron chi connectivity index (χ0n) is 37.7. The average molecular weight is 871 g/mol. The molecule has 0 N–H and O–H groups in total. The summed E-state index contributed by atoms with van der Waals surface area (Å²) < 4.78 is 8.88. The average Bonchev–Trinajstić information content (AvgIpc) is 3.96. The van der Waals surface area contributed by atoms with Crippen molar-refractivity contribution in [3.05, 3.63) is 259 Å². The highest BCUT2D eigenvalue weighted by molar-refractivity contribution is 6.16. The Bertz CT molecular complexity index is 3900. The first-order valence-electron chi connectivity index (χ1n) is 23.6. The quantitative estimate of drug-likeness (QED) is 0.152. The third kappa shape index (κ3) is 6.27. The summed E-state index contributed by atoms with van der Waals surface area (Å²) in [5.41, 5.74) is 19.2. The zero-order chi connectivity index (χ0) is 45.2. The van der Waals surface area contributed by atoms with Crippen LogP contribution in [0, 0.1) is 0 Å². The molecular formula is C65H46N2O. The maximum Gasteiger partial charge on any atom is 0.136 e. The first kappa shape index (κ1) is 39.7. The molecule has 322 valence electrons. The summed E-state index contributed by atoms with van der Waals surface area (Å²) in [4.78, 5) is 2.48. The topological polar surface area (TPSA) is 21.3 Å². The van der Waals surface area contributed by atoms with E-state index in [1.54, 1.807) is 0 Å². The molecule has 3 nitrogen and oxygen atoms in total. The van der Waals surface area contributed by atoms with Gasteiger partial charge in [0.15, 0.2) is 0 Å². The van der Waals surface area contributed by atoms with Crippen LogP contribution in [-0.2, 0) is 5.41 Å². The first-order valence-corrected chi connectivity index (χ1v) is 23.6. The zero-order valence-corrected chi connectivity index (χ0v) is 37.7. The van der Waals surface area contributed by atoms with E-state index >= 15 is 0 Å². The van der Waals surface area contributed by atoms with Gasteiger partial charge in [-0.1, -0.05) is 195 Å². The van der Waals surface area contributed by atoms with E-state index in [0.29, 0.717) is 0 Å². The van der Waals surface area contributed by atoms with E-state index in [-0.39, 0.29) is 5.41 Å². The number of fused-ring (bicyclic) bond motifs is 7. The minimum Gasteiger partial charge on any atom is -0.456 e. The van der Waals surface area contributed by atoms with Crippen LogP contribution in [-0.4, -0.2) is 4.57 Å². The molecule has 3 heteroatoms. The summed E-state index contributed by atoms with van der Waals surface area (Å²) in [5.74, 6) is 0. The van der Waals surface area contributed by atoms with Gasteiger partial charge in [-0.3, -0.25) is 0 Å². The molecule has 0 saturated heterocycles. The van der Waals surface area contributed by atoms with E-state index in [2.05, 4.69) is 259 Å². The molecule has 0 spiro atoms. The Hall–Kier alpha value is -8.66. The Morgan fingerprint density at radius 2 is 1.01 bits per heavy atom. The van der Waals surface area contributed by atoms with E-state index in [9.17, 15) is 0 Å². The summed E-state index contributed by atoms with van der Waals surface area (Å²) in [7, 11) is 0. The van der Waals surface area contributed by atoms with Gasteiger partial charge in [-0.15, -0.1) is 0 Å². The van der Waals surface area contributed by atoms with Gasteiger partial charge in [0.05, 0.1) is 22.4 Å². The number of allylic oxidation sites excluding steroid dienone is 1. The minimum absolute atomic E-state index is 0.234. The highest BCUT2D eigenvalue weighted by atomic mass is 16.3. The molecule has 0 radical (unpaired) electrons. The van der Waals surface area contributed by atoms with Crippen LogP contribution in [0.15, 0.2) is 247 Å². The second kappa shape index (κ2) is 16.0. The van der Waals surface area contributed by atoms with Crippen LogP contribution in [0.1, 0.15) is 30.0 Å². The van der Waals surface area contributed by atoms with Crippen molar-refractivity contribution >= 4 is 66.9 Å². The maximum atomic E-state index is 6.49. The molecule has 1 unspecified atom stereocenters. The Morgan fingerprint density at radius 1 is 0.441 bits per heavy atom. The Labute approximate surface area is 396 Å². The van der Waals surface area contributed by atoms with Crippen LogP contribution in [0.2, 0.25) is 0 Å². The van der Waals surface area contributed by atoms with E-state index < -0.39 is 0 Å². The molecule has 0 aliphatic heterocycles. The smallest absolute Gasteiger partial charge is 0.136 e. The van der Waals surface area contributed by atoms with Crippen molar-refractivity contribution in [3.8, 4) is 39.1 Å². The van der Waals surface area contributed by atoms with Gasteiger partial charge in [-0.2, -0.15) is 0 Å². The van der Waals surface area contributed by atoms with Crippen molar-refractivity contribution in [3.63, 3.8) is 0 Å². The van der Waals surface area contributed by atoms with E-state index in [0.717, 1.165) is 67.8 Å². The lowest BCUT2D eigenvalue weighted by Crippen LogP contribution is -2.27. The van der Waals surface area contributed by atoms with Crippen molar-refractivity contribution in [2.75, 3.05) is 4.90 Å². The van der Waals surface area contributed by atoms with Gasteiger partial charge >= 0.3 is 0 Å². The van der Waals surface area contributed by atoms with E-state index in [1.165, 1.54) is 55.2 Å². The lowest BCUT2D eigenvalue weighted by Gasteiger charge is -2.37. The fourth-order valence-electron chi connectivity index (χ4n) is 11.2. The van der Waals surface area contributed by atoms with Crippen LogP contribution in [0.4, 0.5) is 17.1 Å². The molecule has 0 amide bonds. The number of benzene rings is 10. The summed E-state index contributed by atoms with van der Waals surface area (Å²) >= 11 is 0. The van der Waals surface area contributed by atoms with Crippen LogP contribution < -0.4 is 4.90 Å². The second-order valence-corrected chi connectivity index (χ2v) is 18.2. The summed E-state index contributed by atoms with van der Waals surface area (Å²) in [6.07, 6.45) is 5.57. The van der Waals surface area contributed by atoms with Gasteiger partial charge < -0.3 is 13.9 Å². The van der Waals surface area contributed by atoms with Crippen LogP contribution in [0.25, 0.3) is 88.9 Å². The van der Waals surface area contributed by atoms with E-state index in [4.69, 9.17) is 4.42 Å². The molecule has 0 bridgehead atoms. The first-order chi connectivity index (χ1) is 33.6. The van der Waals surface area contributed by atoms with Crippen molar-refractivity contribution in [2.45, 2.75) is 18.8 Å². The van der Waals surface area contributed by atoms with Crippen LogP contribution in [0.3, 0.4) is 0 Å². The molecule has 10 aromatic carbocycles. The number of para-hydroxylation sites is 5. The molecule has 12 aromatic rings. The number of hydrogen-bond acceptors (Lipinski definition) is 2. The molecular weight excluding hydrogens is 825 g/mol. The fourth-order valence-corrected chi connectivity index (χ4v) is 11.2. The normalized spacial score (nSPS) is 14.5. The summed E-state index contributed by atoms with van der Waals surface area (Å²) in [6, 6.07) is 86.0. The molecule has 2 aromatic heterocycles. The van der Waals surface area contributed by atoms with Gasteiger partial charge in [0.1, 0.15) is 11.2 Å². The summed E-state index contributed by atoms with van der Waals surface area (Å²) in [6.45, 7) is 2.41. The van der Waals surface area contributed by atoms with Crippen molar-refractivity contribution < 1.29 is 4.42 Å². The molecule has 0 fully saturated rings. The second-order valence-electron chi connectivity index (χ2n) is 18.2. The SMILES string of the molecule is CC1(c2ccccc2)CC=Cc2cccc(-c3ccccc3N(c3ccc(-c4cccc5c4c4ccccc4n5-c4ccccc4)cc3)c3ccccc3-c3cccc4oc5ccccc5c34)c21. The minimum atomic E-state index is -0.234. The third-order valence-electron chi connectivity index (χ3n) is 14.3. The number of aromatic nitrogens is 1. The van der Waals surface area contributed by atoms with Gasteiger partial charge in [0.2, 0.25) is 0 Å². The van der Waals surface area contributed by atoms with Crippen molar-refractivity contribution in [2.24, 2.45) is 0 Å². The van der Waals surface area contributed by atoms with Crippen molar-refractivity contribution in [1.29, 1.82) is 0 Å². The lowest BCUT2D eigenvalue weighted by atomic mass is 9.67. The maximum absolute atomic E-state index is 6.49. The Kier molecular flexibility index (Phi) is 9.36. The monoisotopic (exact) mass is 870 g/mol. The van der Waals surface area contributed by atoms with Gasteiger partial charge in [-0.05, 0) is 106 Å². The van der Waals surface area contributed by atoms with Gasteiger partial charge in [0, 0.05) is 49.5 Å². The van der Waals surface area contributed by atoms with Crippen LogP contribution >= 0.6 is 0 Å². The molecule has 0 saturated carbocycles. The fraction of sp³-hybridized carbons (Fsp3) is 0.0462. The van der Waals surface area contributed by atoms with Gasteiger partial charge in [-0.25, -0.2) is 0 Å². The molecule has 68 heavy (non-hydrogen) atoms. The molecule has 13 rings (SSSR count). The molecule has 1 atom stereocenters. The Balaban J connectivity index is 1.04. The molecule has 1 aliphatic rings. The number of furan rings is 1. The Morgan fingerprint density at radius 3 is 1.81 bits per heavy atom. The largest absolute Gasteiger partial charge is 0.456 e. The number of hydrogen-bond donors (Lipinski definition) is 0. The van der Waals surface area contributed by atoms with Gasteiger partial charge in [0.25, 0.3) is 0 Å². The molecule has 1 aliphatic carbocycles. The number of rotatable bonds is 8. The number of anilines is 3. The highest BCUT2D eigenvalue weighted by Gasteiger charge is 2.35. The summed E-state index contributed by atoms with van der Waals surface area (Å²) in [5, 5.41) is 4.71. The standard InChI is InChI=1S/C65H46N2O/c1-65(46-22-4-2-5-23-46)43-19-21-45-20-16-32-53(64(45)65)51-27-9-13-34-57(51)66(56-33-12-8-26-50(56)52-31-18-38-61-63(52)55-29-11-15-37-60(55)68-61)48-41-39-44(40-42-48)49-30-17-36-59-62(49)54-28-10-14-35-58(54)67(59)47-24-6-3-7-25-47/h2-42H,43H2,1H3. The third-order valence-corrected chi connectivity index (χ3v) is 14.3. The number of nitrogens with zero attached hydrogens (tertiary/aromatic N) is 2.